The highest BCUT2D eigenvalue weighted by Gasteiger charge is 2.27. The standard InChI is InChI=1S/C18H24N4O3/c1-10(2)12-8-13(15(24)9-14(12)23)17-20-21-18(16(19)25)22(17)11-6-4-3-5-7-11/h8-11,23-24H,3-7H2,1-2H3,(H2,19,25). The van der Waals surface area contributed by atoms with Gasteiger partial charge in [0, 0.05) is 12.1 Å². The number of hydrogen-bond acceptors (Lipinski definition) is 5. The largest absolute Gasteiger partial charge is 0.508 e. The minimum Gasteiger partial charge on any atom is -0.508 e. The number of nitrogens with zero attached hydrogens (tertiary/aromatic N) is 3. The topological polar surface area (TPSA) is 114 Å². The summed E-state index contributed by atoms with van der Waals surface area (Å²) in [5, 5.41) is 28.5. The molecule has 0 atom stereocenters. The smallest absolute Gasteiger partial charge is 0.286 e. The number of aromatic hydroxyl groups is 2. The minimum absolute atomic E-state index is 0.0371. The molecule has 0 unspecified atom stereocenters. The van der Waals surface area contributed by atoms with Crippen LogP contribution in [-0.4, -0.2) is 30.9 Å². The second-order valence-electron chi connectivity index (χ2n) is 6.96. The van der Waals surface area contributed by atoms with Crippen LogP contribution in [0.25, 0.3) is 11.4 Å². The molecule has 1 amide bonds. The molecule has 1 heterocycles. The number of phenolic OH excluding ortho intramolecular Hbond substituents is 2. The number of primary amides is 1. The first-order valence-electron chi connectivity index (χ1n) is 8.71. The lowest BCUT2D eigenvalue weighted by molar-refractivity contribution is 0.0982. The summed E-state index contributed by atoms with van der Waals surface area (Å²) in [7, 11) is 0. The molecule has 7 nitrogen and oxygen atoms in total. The molecule has 7 heteroatoms. The Labute approximate surface area is 146 Å². The second-order valence-corrected chi connectivity index (χ2v) is 6.96. The van der Waals surface area contributed by atoms with Crippen LogP contribution in [0.3, 0.4) is 0 Å². The summed E-state index contributed by atoms with van der Waals surface area (Å²) in [4.78, 5) is 11.8. The van der Waals surface area contributed by atoms with Gasteiger partial charge in [-0.15, -0.1) is 10.2 Å². The molecule has 0 radical (unpaired) electrons. The third-order valence-electron chi connectivity index (χ3n) is 4.86. The van der Waals surface area contributed by atoms with E-state index in [0.29, 0.717) is 17.0 Å². The van der Waals surface area contributed by atoms with Crippen LogP contribution in [0.15, 0.2) is 12.1 Å². The first kappa shape index (κ1) is 17.3. The summed E-state index contributed by atoms with van der Waals surface area (Å²) in [6.45, 7) is 3.91. The number of phenols is 2. The fourth-order valence-corrected chi connectivity index (χ4v) is 3.56. The Balaban J connectivity index is 2.17. The molecule has 1 aliphatic rings. The molecular weight excluding hydrogens is 320 g/mol. The van der Waals surface area contributed by atoms with E-state index in [1.165, 1.54) is 12.5 Å². The highest BCUT2D eigenvalue weighted by Crippen LogP contribution is 2.39. The van der Waals surface area contributed by atoms with Gasteiger partial charge in [0.05, 0.1) is 5.56 Å². The highest BCUT2D eigenvalue weighted by molar-refractivity contribution is 5.90. The van der Waals surface area contributed by atoms with Crippen molar-refractivity contribution < 1.29 is 15.0 Å². The van der Waals surface area contributed by atoms with Crippen LogP contribution >= 0.6 is 0 Å². The van der Waals surface area contributed by atoms with Gasteiger partial charge < -0.3 is 15.9 Å². The Bertz CT molecular complexity index is 792. The maximum absolute atomic E-state index is 11.8. The van der Waals surface area contributed by atoms with Crippen molar-refractivity contribution >= 4 is 5.91 Å². The summed E-state index contributed by atoms with van der Waals surface area (Å²) in [6.07, 6.45) is 5.14. The van der Waals surface area contributed by atoms with Gasteiger partial charge in [-0.05, 0) is 30.4 Å². The van der Waals surface area contributed by atoms with E-state index in [1.54, 1.807) is 10.6 Å². The lowest BCUT2D eigenvalue weighted by Crippen LogP contribution is -2.23. The predicted octanol–water partition coefficient (Wildman–Crippen LogP) is 3.08. The van der Waals surface area contributed by atoms with Gasteiger partial charge in [0.1, 0.15) is 11.5 Å². The number of aromatic nitrogens is 3. The lowest BCUT2D eigenvalue weighted by atomic mass is 9.94. The molecule has 1 aromatic heterocycles. The van der Waals surface area contributed by atoms with E-state index in [2.05, 4.69) is 10.2 Å². The number of amides is 1. The van der Waals surface area contributed by atoms with Gasteiger partial charge in [-0.3, -0.25) is 9.36 Å². The van der Waals surface area contributed by atoms with E-state index in [1.807, 2.05) is 13.8 Å². The van der Waals surface area contributed by atoms with Crippen molar-refractivity contribution in [2.24, 2.45) is 5.73 Å². The SMILES string of the molecule is CC(C)c1cc(-c2nnc(C(N)=O)n2C2CCCCC2)c(O)cc1O. The van der Waals surface area contributed by atoms with Gasteiger partial charge in [-0.1, -0.05) is 33.1 Å². The zero-order valence-electron chi connectivity index (χ0n) is 14.6. The summed E-state index contributed by atoms with van der Waals surface area (Å²) in [6, 6.07) is 3.11. The van der Waals surface area contributed by atoms with Gasteiger partial charge in [0.2, 0.25) is 5.82 Å². The van der Waals surface area contributed by atoms with E-state index in [0.717, 1.165) is 25.7 Å². The molecule has 4 N–H and O–H groups in total. The second kappa shape index (κ2) is 6.74. The zero-order valence-corrected chi connectivity index (χ0v) is 14.6. The number of hydrogen-bond donors (Lipinski definition) is 3. The van der Waals surface area contributed by atoms with Gasteiger partial charge >= 0.3 is 0 Å². The maximum atomic E-state index is 11.8. The fraction of sp³-hybridized carbons (Fsp3) is 0.500. The number of rotatable bonds is 4. The third-order valence-corrected chi connectivity index (χ3v) is 4.86. The monoisotopic (exact) mass is 344 g/mol. The molecule has 2 aromatic rings. The van der Waals surface area contributed by atoms with E-state index in [-0.39, 0.29) is 29.3 Å². The number of nitrogens with two attached hydrogens (primary N) is 1. The number of carbonyl (C=O) groups is 1. The van der Waals surface area contributed by atoms with Gasteiger partial charge in [0.25, 0.3) is 5.91 Å². The van der Waals surface area contributed by atoms with Crippen molar-refractivity contribution in [1.82, 2.24) is 14.8 Å². The average molecular weight is 344 g/mol. The molecule has 134 valence electrons. The molecule has 1 aliphatic carbocycles. The normalized spacial score (nSPS) is 15.6. The molecule has 0 spiro atoms. The quantitative estimate of drug-likeness (QED) is 0.788. The highest BCUT2D eigenvalue weighted by atomic mass is 16.3. The Morgan fingerprint density at radius 2 is 1.84 bits per heavy atom. The van der Waals surface area contributed by atoms with Gasteiger partial charge in [-0.25, -0.2) is 0 Å². The maximum Gasteiger partial charge on any atom is 0.286 e. The molecule has 1 aromatic carbocycles. The van der Waals surface area contributed by atoms with Crippen molar-refractivity contribution in [2.75, 3.05) is 0 Å². The van der Waals surface area contributed by atoms with Crippen molar-refractivity contribution in [3.05, 3.63) is 23.5 Å². The van der Waals surface area contributed by atoms with Crippen LogP contribution in [-0.2, 0) is 0 Å². The van der Waals surface area contributed by atoms with Crippen molar-refractivity contribution in [3.8, 4) is 22.9 Å². The summed E-state index contributed by atoms with van der Waals surface area (Å²) in [5.74, 6) is -0.0919. The van der Waals surface area contributed by atoms with Crippen LogP contribution in [0.4, 0.5) is 0 Å². The summed E-state index contributed by atoms with van der Waals surface area (Å²) in [5.41, 5.74) is 6.64. The molecule has 25 heavy (non-hydrogen) atoms. The number of benzene rings is 1. The molecular formula is C18H24N4O3. The van der Waals surface area contributed by atoms with Crippen LogP contribution in [0.1, 0.15) is 74.1 Å². The van der Waals surface area contributed by atoms with Crippen molar-refractivity contribution in [2.45, 2.75) is 57.9 Å². The predicted molar refractivity (Wildman–Crippen MR) is 93.5 cm³/mol. The van der Waals surface area contributed by atoms with Crippen LogP contribution in [0, 0.1) is 0 Å². The average Bonchev–Trinajstić information content (AvgIpc) is 3.00. The summed E-state index contributed by atoms with van der Waals surface area (Å²) < 4.78 is 1.76. The van der Waals surface area contributed by atoms with Gasteiger partial charge in [0.15, 0.2) is 5.82 Å². The van der Waals surface area contributed by atoms with Crippen LogP contribution < -0.4 is 5.73 Å². The Morgan fingerprint density at radius 3 is 2.44 bits per heavy atom. The van der Waals surface area contributed by atoms with Crippen molar-refractivity contribution in [3.63, 3.8) is 0 Å². The number of carbonyl (C=O) groups excluding carboxylic acids is 1. The summed E-state index contributed by atoms with van der Waals surface area (Å²) >= 11 is 0. The molecule has 1 fully saturated rings. The third kappa shape index (κ3) is 3.18. The zero-order chi connectivity index (χ0) is 18.1. The van der Waals surface area contributed by atoms with E-state index in [9.17, 15) is 15.0 Å². The van der Waals surface area contributed by atoms with Gasteiger partial charge in [-0.2, -0.15) is 0 Å². The molecule has 3 rings (SSSR count). The van der Waals surface area contributed by atoms with Crippen molar-refractivity contribution in [1.29, 1.82) is 0 Å². The molecule has 0 bridgehead atoms. The minimum atomic E-state index is -0.633. The molecule has 0 aliphatic heterocycles. The molecule has 0 saturated heterocycles. The van der Waals surface area contributed by atoms with E-state index in [4.69, 9.17) is 5.73 Å². The first-order chi connectivity index (χ1) is 11.9. The van der Waals surface area contributed by atoms with E-state index < -0.39 is 5.91 Å². The Morgan fingerprint density at radius 1 is 1.16 bits per heavy atom. The fourth-order valence-electron chi connectivity index (χ4n) is 3.56. The molecule has 1 saturated carbocycles. The van der Waals surface area contributed by atoms with Crippen LogP contribution in [0.2, 0.25) is 0 Å². The Kier molecular flexibility index (Phi) is 4.65. The first-order valence-corrected chi connectivity index (χ1v) is 8.71. The van der Waals surface area contributed by atoms with Crippen LogP contribution in [0.5, 0.6) is 11.5 Å². The van der Waals surface area contributed by atoms with E-state index >= 15 is 0 Å². The lowest BCUT2D eigenvalue weighted by Gasteiger charge is -2.25. The Hall–Kier alpha value is -2.57.